The fourth-order valence-electron chi connectivity index (χ4n) is 2.09. The van der Waals surface area contributed by atoms with Crippen LogP contribution in [0.15, 0.2) is 4.99 Å². The van der Waals surface area contributed by atoms with E-state index in [0.29, 0.717) is 23.7 Å². The van der Waals surface area contributed by atoms with Crippen molar-refractivity contribution in [2.24, 2.45) is 10.9 Å². The number of hydrogen-bond donors (Lipinski definition) is 1. The van der Waals surface area contributed by atoms with Crippen LogP contribution in [0, 0.1) is 17.4 Å². The second kappa shape index (κ2) is 8.35. The standard InChI is InChI=1S/C12H22N4OS/c1-10-6-11(8-17-10)7-16(2)5-4-14-12(18-3)15-9-13/h10-11H,4-8H2,1-3H3,(H,14,15). The van der Waals surface area contributed by atoms with Gasteiger partial charge in [0.1, 0.15) is 0 Å². The molecule has 1 fully saturated rings. The molecule has 2 unspecified atom stereocenters. The lowest BCUT2D eigenvalue weighted by molar-refractivity contribution is 0.117. The lowest BCUT2D eigenvalue weighted by atomic mass is 10.1. The van der Waals surface area contributed by atoms with Crippen LogP contribution in [0.1, 0.15) is 13.3 Å². The number of nitrogens with one attached hydrogen (secondary N) is 1. The van der Waals surface area contributed by atoms with Crippen LogP contribution in [0.4, 0.5) is 0 Å². The molecule has 1 heterocycles. The lowest BCUT2D eigenvalue weighted by Crippen LogP contribution is -2.29. The highest BCUT2D eigenvalue weighted by atomic mass is 32.2. The van der Waals surface area contributed by atoms with Crippen LogP contribution in [0.2, 0.25) is 0 Å². The average molecular weight is 270 g/mol. The fourth-order valence-corrected chi connectivity index (χ4v) is 2.46. The van der Waals surface area contributed by atoms with Gasteiger partial charge in [-0.1, -0.05) is 11.8 Å². The van der Waals surface area contributed by atoms with Gasteiger partial charge in [-0.2, -0.15) is 5.26 Å². The van der Waals surface area contributed by atoms with Crippen LogP contribution in [-0.4, -0.2) is 55.7 Å². The Morgan fingerprint density at radius 1 is 1.67 bits per heavy atom. The maximum atomic E-state index is 8.51. The molecular weight excluding hydrogens is 248 g/mol. The van der Waals surface area contributed by atoms with Crippen molar-refractivity contribution in [3.63, 3.8) is 0 Å². The molecule has 0 bridgehead atoms. The topological polar surface area (TPSA) is 60.6 Å². The molecule has 0 radical (unpaired) electrons. The highest BCUT2D eigenvalue weighted by molar-refractivity contribution is 8.13. The number of nitriles is 1. The molecule has 0 aromatic carbocycles. The third kappa shape index (κ3) is 5.71. The van der Waals surface area contributed by atoms with Gasteiger partial charge < -0.3 is 9.64 Å². The maximum absolute atomic E-state index is 8.51. The van der Waals surface area contributed by atoms with Crippen LogP contribution in [0.3, 0.4) is 0 Å². The summed E-state index contributed by atoms with van der Waals surface area (Å²) >= 11 is 1.46. The molecule has 5 nitrogen and oxygen atoms in total. The molecule has 0 spiro atoms. The van der Waals surface area contributed by atoms with E-state index in [1.807, 2.05) is 12.4 Å². The third-order valence-electron chi connectivity index (χ3n) is 2.94. The predicted octanol–water partition coefficient (Wildman–Crippen LogP) is 1.13. The van der Waals surface area contributed by atoms with Gasteiger partial charge >= 0.3 is 0 Å². The molecule has 0 aromatic heterocycles. The zero-order valence-electron chi connectivity index (χ0n) is 11.3. The van der Waals surface area contributed by atoms with E-state index in [0.717, 1.165) is 26.1 Å². The number of likely N-dealkylation sites (N-methyl/N-ethyl adjacent to an activating group) is 1. The molecule has 0 saturated carbocycles. The minimum absolute atomic E-state index is 0.407. The minimum atomic E-state index is 0.407. The summed E-state index contributed by atoms with van der Waals surface area (Å²) in [4.78, 5) is 6.61. The molecule has 18 heavy (non-hydrogen) atoms. The highest BCUT2D eigenvalue weighted by Crippen LogP contribution is 2.19. The van der Waals surface area contributed by atoms with Crippen molar-refractivity contribution in [1.82, 2.24) is 10.2 Å². The molecule has 1 rings (SSSR count). The van der Waals surface area contributed by atoms with Gasteiger partial charge in [0.05, 0.1) is 19.3 Å². The molecule has 6 heteroatoms. The molecule has 0 aromatic rings. The first-order chi connectivity index (χ1) is 8.65. The Hall–Kier alpha value is -0.770. The van der Waals surface area contributed by atoms with Crippen molar-refractivity contribution < 1.29 is 4.74 Å². The van der Waals surface area contributed by atoms with Crippen molar-refractivity contribution in [1.29, 1.82) is 5.26 Å². The molecule has 2 atom stereocenters. The summed E-state index contributed by atoms with van der Waals surface area (Å²) in [5.41, 5.74) is 0. The quantitative estimate of drug-likeness (QED) is 0.351. The van der Waals surface area contributed by atoms with Gasteiger partial charge in [0, 0.05) is 13.1 Å². The Morgan fingerprint density at radius 3 is 3.00 bits per heavy atom. The molecular formula is C12H22N4OS. The van der Waals surface area contributed by atoms with Gasteiger partial charge in [-0.05, 0) is 32.6 Å². The van der Waals surface area contributed by atoms with Gasteiger partial charge in [-0.3, -0.25) is 10.3 Å². The van der Waals surface area contributed by atoms with Gasteiger partial charge in [-0.25, -0.2) is 0 Å². The van der Waals surface area contributed by atoms with E-state index < -0.39 is 0 Å². The first-order valence-electron chi connectivity index (χ1n) is 6.19. The van der Waals surface area contributed by atoms with E-state index in [-0.39, 0.29) is 0 Å². The maximum Gasteiger partial charge on any atom is 0.183 e. The zero-order chi connectivity index (χ0) is 13.4. The molecule has 0 amide bonds. The van der Waals surface area contributed by atoms with Gasteiger partial charge in [0.2, 0.25) is 0 Å². The molecule has 1 N–H and O–H groups in total. The molecule has 0 aliphatic carbocycles. The normalized spacial score (nSPS) is 24.3. The number of nitrogens with zero attached hydrogens (tertiary/aromatic N) is 3. The zero-order valence-corrected chi connectivity index (χ0v) is 12.2. The SMILES string of the molecule is CSC(=NCCN(C)CC1COC(C)C1)NC#N. The third-order valence-corrected chi connectivity index (χ3v) is 3.56. The number of amidine groups is 1. The fraction of sp³-hybridized carbons (Fsp3) is 0.833. The van der Waals surface area contributed by atoms with Crippen molar-refractivity contribution >= 4 is 16.9 Å². The molecule has 1 aliphatic heterocycles. The van der Waals surface area contributed by atoms with Crippen LogP contribution >= 0.6 is 11.8 Å². The average Bonchev–Trinajstić information content (AvgIpc) is 2.73. The molecule has 1 saturated heterocycles. The summed E-state index contributed by atoms with van der Waals surface area (Å²) < 4.78 is 5.55. The number of aliphatic imine (C=N–C) groups is 1. The van der Waals surface area contributed by atoms with E-state index in [1.54, 1.807) is 0 Å². The van der Waals surface area contributed by atoms with Crippen molar-refractivity contribution in [3.05, 3.63) is 0 Å². The van der Waals surface area contributed by atoms with Gasteiger partial charge in [-0.15, -0.1) is 0 Å². The van der Waals surface area contributed by atoms with Crippen LogP contribution in [0.25, 0.3) is 0 Å². The number of thioether (sulfide) groups is 1. The number of rotatable bonds is 5. The second-order valence-corrected chi connectivity index (χ2v) is 5.43. The van der Waals surface area contributed by atoms with Gasteiger partial charge in [0.15, 0.2) is 11.4 Å². The van der Waals surface area contributed by atoms with E-state index in [9.17, 15) is 0 Å². The van der Waals surface area contributed by atoms with Crippen LogP contribution < -0.4 is 5.32 Å². The van der Waals surface area contributed by atoms with E-state index in [2.05, 4.69) is 29.2 Å². The minimum Gasteiger partial charge on any atom is -0.378 e. The molecule has 102 valence electrons. The summed E-state index contributed by atoms with van der Waals surface area (Å²) in [5.74, 6) is 0.645. The smallest absolute Gasteiger partial charge is 0.183 e. The van der Waals surface area contributed by atoms with E-state index >= 15 is 0 Å². The van der Waals surface area contributed by atoms with Gasteiger partial charge in [0.25, 0.3) is 0 Å². The Labute approximate surface area is 114 Å². The van der Waals surface area contributed by atoms with Crippen molar-refractivity contribution in [3.8, 4) is 6.19 Å². The summed E-state index contributed by atoms with van der Waals surface area (Å²) in [6, 6.07) is 0. The van der Waals surface area contributed by atoms with E-state index in [4.69, 9.17) is 10.00 Å². The van der Waals surface area contributed by atoms with Crippen LogP contribution in [0.5, 0.6) is 0 Å². The highest BCUT2D eigenvalue weighted by Gasteiger charge is 2.22. The Morgan fingerprint density at radius 2 is 2.44 bits per heavy atom. The Bertz CT molecular complexity index is 316. The monoisotopic (exact) mass is 270 g/mol. The second-order valence-electron chi connectivity index (χ2n) is 4.64. The Kier molecular flexibility index (Phi) is 7.09. The van der Waals surface area contributed by atoms with E-state index in [1.165, 1.54) is 11.8 Å². The summed E-state index contributed by atoms with van der Waals surface area (Å²) in [6.45, 7) is 5.68. The lowest BCUT2D eigenvalue weighted by Gasteiger charge is -2.19. The van der Waals surface area contributed by atoms with Crippen molar-refractivity contribution in [2.75, 3.05) is 39.5 Å². The first-order valence-corrected chi connectivity index (χ1v) is 7.41. The predicted molar refractivity (Wildman–Crippen MR) is 75.6 cm³/mol. The van der Waals surface area contributed by atoms with Crippen LogP contribution in [-0.2, 0) is 4.74 Å². The summed E-state index contributed by atoms with van der Waals surface area (Å²) in [7, 11) is 2.11. The summed E-state index contributed by atoms with van der Waals surface area (Å²) in [6.07, 6.45) is 5.35. The molecule has 1 aliphatic rings. The van der Waals surface area contributed by atoms with Crippen molar-refractivity contribution in [2.45, 2.75) is 19.4 Å². The Balaban J connectivity index is 2.20. The summed E-state index contributed by atoms with van der Waals surface area (Å²) in [5, 5.41) is 11.8. The number of hydrogen-bond acceptors (Lipinski definition) is 5. The number of ether oxygens (including phenoxy) is 1. The first kappa shape index (κ1) is 15.3. The largest absolute Gasteiger partial charge is 0.378 e.